The SMILES string of the molecule is CCc1cccc(C)c1NC(=S)NNC(=O)c1nn(-c2ccccc2)c(C)cc1=O. The van der Waals surface area contributed by atoms with Gasteiger partial charge in [0, 0.05) is 17.4 Å². The maximum Gasteiger partial charge on any atom is 0.294 e. The Balaban J connectivity index is 1.74. The van der Waals surface area contributed by atoms with Crippen molar-refractivity contribution in [2.75, 3.05) is 5.32 Å². The Bertz CT molecular complexity index is 1140. The van der Waals surface area contributed by atoms with Gasteiger partial charge in [-0.05, 0) is 55.7 Å². The lowest BCUT2D eigenvalue weighted by molar-refractivity contribution is 0.0936. The van der Waals surface area contributed by atoms with Gasteiger partial charge in [0.15, 0.2) is 10.8 Å². The maximum absolute atomic E-state index is 12.6. The summed E-state index contributed by atoms with van der Waals surface area (Å²) in [7, 11) is 0. The normalized spacial score (nSPS) is 10.4. The molecule has 3 N–H and O–H groups in total. The number of nitrogens with zero attached hydrogens (tertiary/aromatic N) is 2. The van der Waals surface area contributed by atoms with Gasteiger partial charge in [0.05, 0.1) is 5.69 Å². The molecule has 30 heavy (non-hydrogen) atoms. The lowest BCUT2D eigenvalue weighted by atomic mass is 10.1. The first kappa shape index (κ1) is 21.2. The second-order valence-corrected chi connectivity index (χ2v) is 7.15. The van der Waals surface area contributed by atoms with Crippen LogP contribution in [0.15, 0.2) is 59.4 Å². The van der Waals surface area contributed by atoms with E-state index in [4.69, 9.17) is 12.2 Å². The van der Waals surface area contributed by atoms with E-state index in [1.54, 1.807) is 11.6 Å². The van der Waals surface area contributed by atoms with Crippen LogP contribution in [0.4, 0.5) is 5.69 Å². The number of rotatable bonds is 4. The highest BCUT2D eigenvalue weighted by atomic mass is 32.1. The van der Waals surface area contributed by atoms with Gasteiger partial charge in [0.1, 0.15) is 0 Å². The van der Waals surface area contributed by atoms with Gasteiger partial charge in [-0.3, -0.25) is 20.4 Å². The number of thiocarbonyl (C=S) groups is 1. The molecule has 7 nitrogen and oxygen atoms in total. The van der Waals surface area contributed by atoms with Crippen LogP contribution in [-0.2, 0) is 6.42 Å². The molecule has 0 fully saturated rings. The van der Waals surface area contributed by atoms with Gasteiger partial charge in [0.25, 0.3) is 5.91 Å². The van der Waals surface area contributed by atoms with Crippen molar-refractivity contribution in [2.45, 2.75) is 27.2 Å². The monoisotopic (exact) mass is 421 g/mol. The van der Waals surface area contributed by atoms with Crippen molar-refractivity contribution in [1.29, 1.82) is 0 Å². The largest absolute Gasteiger partial charge is 0.331 e. The van der Waals surface area contributed by atoms with E-state index in [-0.39, 0.29) is 10.8 Å². The third-order valence-electron chi connectivity index (χ3n) is 4.59. The molecule has 0 atom stereocenters. The molecule has 3 aromatic rings. The molecule has 8 heteroatoms. The van der Waals surface area contributed by atoms with Crippen LogP contribution in [0.2, 0.25) is 0 Å². The Morgan fingerprint density at radius 1 is 1.07 bits per heavy atom. The fraction of sp³-hybridized carbons (Fsp3) is 0.182. The van der Waals surface area contributed by atoms with E-state index < -0.39 is 11.3 Å². The number of carbonyl (C=O) groups is 1. The van der Waals surface area contributed by atoms with Crippen LogP contribution in [0.3, 0.4) is 0 Å². The maximum atomic E-state index is 12.6. The summed E-state index contributed by atoms with van der Waals surface area (Å²) in [5, 5.41) is 7.54. The van der Waals surface area contributed by atoms with Crippen LogP contribution in [0, 0.1) is 13.8 Å². The summed E-state index contributed by atoms with van der Waals surface area (Å²) in [6, 6.07) is 16.6. The number of anilines is 1. The Morgan fingerprint density at radius 3 is 2.50 bits per heavy atom. The van der Waals surface area contributed by atoms with Gasteiger partial charge in [-0.25, -0.2) is 4.68 Å². The number of benzene rings is 2. The molecule has 0 aliphatic heterocycles. The number of aryl methyl sites for hydroxylation is 3. The Kier molecular flexibility index (Phi) is 6.58. The lowest BCUT2D eigenvalue weighted by Gasteiger charge is -2.16. The molecular formula is C22H23N5O2S. The van der Waals surface area contributed by atoms with E-state index in [9.17, 15) is 9.59 Å². The highest BCUT2D eigenvalue weighted by molar-refractivity contribution is 7.80. The summed E-state index contributed by atoms with van der Waals surface area (Å²) in [5.74, 6) is -0.672. The molecule has 3 rings (SSSR count). The average Bonchev–Trinajstić information content (AvgIpc) is 2.74. The zero-order chi connectivity index (χ0) is 21.7. The second-order valence-electron chi connectivity index (χ2n) is 6.74. The molecule has 0 aliphatic rings. The predicted octanol–water partition coefficient (Wildman–Crippen LogP) is 3.04. The standard InChI is InChI=1S/C22H23N5O2S/c1-4-16-10-8-9-14(2)19(16)23-22(30)25-24-21(29)20-18(28)13-15(3)27(26-20)17-11-6-5-7-12-17/h5-13H,4H2,1-3H3,(H,24,29)(H2,23,25,30). The van der Waals surface area contributed by atoms with Crippen molar-refractivity contribution in [3.63, 3.8) is 0 Å². The van der Waals surface area contributed by atoms with Gasteiger partial charge >= 0.3 is 0 Å². The molecule has 0 saturated carbocycles. The second kappa shape index (κ2) is 9.32. The molecule has 0 aliphatic carbocycles. The van der Waals surface area contributed by atoms with Crippen LogP contribution >= 0.6 is 12.2 Å². The van der Waals surface area contributed by atoms with E-state index in [1.807, 2.05) is 55.5 Å². The Labute approximate surface area is 180 Å². The Hall–Kier alpha value is -3.52. The molecular weight excluding hydrogens is 398 g/mol. The molecule has 1 aromatic heterocycles. The number of hydrazine groups is 1. The first-order valence-corrected chi connectivity index (χ1v) is 9.93. The van der Waals surface area contributed by atoms with Crippen LogP contribution < -0.4 is 21.6 Å². The number of nitrogens with one attached hydrogen (secondary N) is 3. The molecule has 0 spiro atoms. The van der Waals surface area contributed by atoms with Crippen molar-refractivity contribution in [1.82, 2.24) is 20.6 Å². The minimum atomic E-state index is -0.672. The quantitative estimate of drug-likeness (QED) is 0.443. The summed E-state index contributed by atoms with van der Waals surface area (Å²) >= 11 is 5.29. The third kappa shape index (κ3) is 4.72. The van der Waals surface area contributed by atoms with Crippen LogP contribution in [0.5, 0.6) is 0 Å². The summed E-state index contributed by atoms with van der Waals surface area (Å²) < 4.78 is 1.55. The van der Waals surface area contributed by atoms with Crippen LogP contribution in [0.1, 0.15) is 34.2 Å². The minimum absolute atomic E-state index is 0.211. The number of amides is 1. The van der Waals surface area contributed by atoms with Gasteiger partial charge in [0.2, 0.25) is 5.43 Å². The van der Waals surface area contributed by atoms with Gasteiger partial charge in [-0.1, -0.05) is 43.3 Å². The highest BCUT2D eigenvalue weighted by Crippen LogP contribution is 2.20. The summed E-state index contributed by atoms with van der Waals surface area (Å²) in [6.07, 6.45) is 0.839. The lowest BCUT2D eigenvalue weighted by Crippen LogP contribution is -2.45. The Morgan fingerprint density at radius 2 is 1.80 bits per heavy atom. The number of hydrogen-bond donors (Lipinski definition) is 3. The van der Waals surface area contributed by atoms with Crippen molar-refractivity contribution in [2.24, 2.45) is 0 Å². The zero-order valence-electron chi connectivity index (χ0n) is 17.0. The minimum Gasteiger partial charge on any atom is -0.331 e. The molecule has 0 bridgehead atoms. The molecule has 0 unspecified atom stereocenters. The average molecular weight is 422 g/mol. The number of aromatic nitrogens is 2. The van der Waals surface area contributed by atoms with Crippen LogP contribution in [0.25, 0.3) is 5.69 Å². The fourth-order valence-electron chi connectivity index (χ4n) is 3.05. The van der Waals surface area contributed by atoms with E-state index in [0.717, 1.165) is 28.9 Å². The number of carbonyl (C=O) groups excluding carboxylic acids is 1. The summed E-state index contributed by atoms with van der Waals surface area (Å²) in [5.41, 5.74) is 8.80. The van der Waals surface area contributed by atoms with Gasteiger partial charge in [-0.15, -0.1) is 0 Å². The first-order valence-electron chi connectivity index (χ1n) is 9.53. The molecule has 2 aromatic carbocycles. The first-order chi connectivity index (χ1) is 14.4. The summed E-state index contributed by atoms with van der Waals surface area (Å²) in [4.78, 5) is 24.9. The number of hydrogen-bond acceptors (Lipinski definition) is 4. The van der Waals surface area contributed by atoms with E-state index in [0.29, 0.717) is 5.69 Å². The smallest absolute Gasteiger partial charge is 0.294 e. The highest BCUT2D eigenvalue weighted by Gasteiger charge is 2.16. The predicted molar refractivity (Wildman–Crippen MR) is 122 cm³/mol. The van der Waals surface area contributed by atoms with Crippen molar-refractivity contribution in [3.8, 4) is 5.69 Å². The fourth-order valence-corrected chi connectivity index (χ4v) is 3.21. The van der Waals surface area contributed by atoms with Crippen LogP contribution in [-0.4, -0.2) is 20.8 Å². The third-order valence-corrected chi connectivity index (χ3v) is 4.80. The molecule has 0 saturated heterocycles. The summed E-state index contributed by atoms with van der Waals surface area (Å²) in [6.45, 7) is 5.79. The molecule has 154 valence electrons. The van der Waals surface area contributed by atoms with Crippen molar-refractivity contribution in [3.05, 3.63) is 87.3 Å². The molecule has 1 amide bonds. The zero-order valence-corrected chi connectivity index (χ0v) is 17.8. The topological polar surface area (TPSA) is 88.0 Å². The molecule has 0 radical (unpaired) electrons. The number of para-hydroxylation sites is 2. The van der Waals surface area contributed by atoms with Gasteiger partial charge in [-0.2, -0.15) is 5.10 Å². The van der Waals surface area contributed by atoms with Crippen molar-refractivity contribution >= 4 is 28.9 Å². The molecule has 1 heterocycles. The van der Waals surface area contributed by atoms with Crippen molar-refractivity contribution < 1.29 is 4.79 Å². The van der Waals surface area contributed by atoms with E-state index in [2.05, 4.69) is 28.2 Å². The van der Waals surface area contributed by atoms with Gasteiger partial charge < -0.3 is 5.32 Å². The van der Waals surface area contributed by atoms with E-state index >= 15 is 0 Å². The van der Waals surface area contributed by atoms with E-state index in [1.165, 1.54) is 6.07 Å².